The fourth-order valence-electron chi connectivity index (χ4n) is 6.37. The molecular formula is C34H25Cl2N3. The Bertz CT molecular complexity index is 1870. The number of fused-ring (bicyclic) bond motifs is 6. The highest BCUT2D eigenvalue weighted by Crippen LogP contribution is 2.56. The molecule has 0 atom stereocenters. The van der Waals surface area contributed by atoms with Crippen molar-refractivity contribution < 1.29 is 0 Å². The lowest BCUT2D eigenvalue weighted by Gasteiger charge is -2.24. The number of halogens is 2. The Balaban J connectivity index is 1.36. The molecule has 3 nitrogen and oxygen atoms in total. The summed E-state index contributed by atoms with van der Waals surface area (Å²) in [6, 6.07) is 20.0. The van der Waals surface area contributed by atoms with Crippen LogP contribution in [0.15, 0.2) is 94.9 Å². The molecule has 4 aromatic rings. The highest BCUT2D eigenvalue weighted by Gasteiger charge is 2.41. The number of allylic oxidation sites excluding steroid dienone is 3. The number of aliphatic imine (C=N–C) groups is 1. The van der Waals surface area contributed by atoms with Crippen molar-refractivity contribution in [1.82, 2.24) is 9.97 Å². The second-order valence-electron chi connectivity index (χ2n) is 11.4. The molecular weight excluding hydrogens is 521 g/mol. The minimum absolute atomic E-state index is 0.157. The molecule has 0 amide bonds. The predicted octanol–water partition coefficient (Wildman–Crippen LogP) is 9.00. The number of hydrogen-bond donors (Lipinski definition) is 0. The Kier molecular flexibility index (Phi) is 5.22. The zero-order chi connectivity index (χ0) is 27.1. The third-order valence-electron chi connectivity index (χ3n) is 8.46. The molecule has 1 aromatic heterocycles. The van der Waals surface area contributed by atoms with E-state index >= 15 is 0 Å². The fraction of sp³-hybridized carbons (Fsp3) is 0.176. The molecule has 0 saturated heterocycles. The van der Waals surface area contributed by atoms with Crippen LogP contribution in [0.5, 0.6) is 0 Å². The first-order valence-corrected chi connectivity index (χ1v) is 13.8. The van der Waals surface area contributed by atoms with Gasteiger partial charge in [-0.2, -0.15) is 0 Å². The first kappa shape index (κ1) is 24.3. The number of nitrogens with zero attached hydrogens (tertiary/aromatic N) is 3. The van der Waals surface area contributed by atoms with Crippen LogP contribution in [0.1, 0.15) is 55.5 Å². The second-order valence-corrected chi connectivity index (χ2v) is 12.1. The van der Waals surface area contributed by atoms with E-state index in [1.165, 1.54) is 44.5 Å². The molecule has 0 radical (unpaired) electrons. The van der Waals surface area contributed by atoms with Crippen LogP contribution < -0.4 is 0 Å². The molecule has 39 heavy (non-hydrogen) atoms. The molecule has 0 unspecified atom stereocenters. The van der Waals surface area contributed by atoms with Crippen LogP contribution in [0.25, 0.3) is 33.5 Å². The third-order valence-corrected chi connectivity index (χ3v) is 8.84. The SMILES string of the molecule is CC1(C)c2cc(C3=NC(Cl)=C=CC=C3)ccc2-c2cc3c(cc21)-c1ccc(-c2ccnc(Cl)n2)cc1C3(C)C. The number of hydrogen-bond acceptors (Lipinski definition) is 3. The highest BCUT2D eigenvalue weighted by molar-refractivity contribution is 6.30. The lowest BCUT2D eigenvalue weighted by Crippen LogP contribution is -2.17. The van der Waals surface area contributed by atoms with Gasteiger partial charge in [0.1, 0.15) is 0 Å². The summed E-state index contributed by atoms with van der Waals surface area (Å²) in [4.78, 5) is 13.0. The van der Waals surface area contributed by atoms with Crippen molar-refractivity contribution in [1.29, 1.82) is 0 Å². The minimum Gasteiger partial charge on any atom is -0.228 e. The minimum atomic E-state index is -0.160. The summed E-state index contributed by atoms with van der Waals surface area (Å²) in [6.07, 6.45) is 7.40. The first-order chi connectivity index (χ1) is 18.6. The van der Waals surface area contributed by atoms with E-state index in [1.54, 1.807) is 12.3 Å². The van der Waals surface area contributed by atoms with Gasteiger partial charge in [-0.1, -0.05) is 75.4 Å². The van der Waals surface area contributed by atoms with Gasteiger partial charge in [0.05, 0.1) is 11.4 Å². The summed E-state index contributed by atoms with van der Waals surface area (Å²) in [6.45, 7) is 9.26. The number of aromatic nitrogens is 2. The molecule has 190 valence electrons. The third kappa shape index (κ3) is 3.62. The predicted molar refractivity (Wildman–Crippen MR) is 161 cm³/mol. The maximum absolute atomic E-state index is 6.22. The zero-order valence-corrected chi connectivity index (χ0v) is 23.6. The van der Waals surface area contributed by atoms with Crippen molar-refractivity contribution in [3.05, 3.63) is 123 Å². The molecule has 3 aromatic carbocycles. The monoisotopic (exact) mass is 545 g/mol. The topological polar surface area (TPSA) is 38.1 Å². The normalized spacial score (nSPS) is 17.1. The van der Waals surface area contributed by atoms with Gasteiger partial charge in [-0.15, -0.1) is 0 Å². The highest BCUT2D eigenvalue weighted by atomic mass is 35.5. The molecule has 2 heterocycles. The maximum atomic E-state index is 6.22. The maximum Gasteiger partial charge on any atom is 0.222 e. The summed E-state index contributed by atoms with van der Waals surface area (Å²) >= 11 is 12.3. The van der Waals surface area contributed by atoms with Gasteiger partial charge in [-0.3, -0.25) is 0 Å². The van der Waals surface area contributed by atoms with Gasteiger partial charge < -0.3 is 0 Å². The first-order valence-electron chi connectivity index (χ1n) is 13.0. The molecule has 7 rings (SSSR count). The van der Waals surface area contributed by atoms with E-state index in [2.05, 4.69) is 96.9 Å². The molecule has 1 aliphatic heterocycles. The Hall–Kier alpha value is -3.75. The number of rotatable bonds is 2. The molecule has 0 spiro atoms. The van der Waals surface area contributed by atoms with Crippen LogP contribution in [0, 0.1) is 0 Å². The summed E-state index contributed by atoms with van der Waals surface area (Å²) < 4.78 is 0. The van der Waals surface area contributed by atoms with E-state index in [0.29, 0.717) is 5.16 Å². The summed E-state index contributed by atoms with van der Waals surface area (Å²) in [5, 5.41) is 0.621. The van der Waals surface area contributed by atoms with Crippen LogP contribution in [0.3, 0.4) is 0 Å². The quantitative estimate of drug-likeness (QED) is 0.143. The van der Waals surface area contributed by atoms with Crippen molar-refractivity contribution in [3.63, 3.8) is 0 Å². The van der Waals surface area contributed by atoms with Crippen molar-refractivity contribution in [3.8, 4) is 33.5 Å². The largest absolute Gasteiger partial charge is 0.228 e. The van der Waals surface area contributed by atoms with Gasteiger partial charge in [-0.05, 0) is 98.6 Å². The molecule has 2 aliphatic carbocycles. The van der Waals surface area contributed by atoms with Gasteiger partial charge in [0.25, 0.3) is 0 Å². The van der Waals surface area contributed by atoms with Crippen LogP contribution in [-0.2, 0) is 10.8 Å². The molecule has 0 fully saturated rings. The Morgan fingerprint density at radius 3 is 1.92 bits per heavy atom. The van der Waals surface area contributed by atoms with E-state index in [4.69, 9.17) is 23.2 Å². The van der Waals surface area contributed by atoms with E-state index < -0.39 is 0 Å². The van der Waals surface area contributed by atoms with E-state index in [1.807, 2.05) is 18.2 Å². The van der Waals surface area contributed by atoms with Gasteiger partial charge in [-0.25, -0.2) is 15.0 Å². The average molecular weight is 547 g/mol. The molecule has 0 bridgehead atoms. The smallest absolute Gasteiger partial charge is 0.222 e. The van der Waals surface area contributed by atoms with Gasteiger partial charge in [0.15, 0.2) is 5.16 Å². The Labute approximate surface area is 238 Å². The van der Waals surface area contributed by atoms with Crippen LogP contribution in [-0.4, -0.2) is 15.7 Å². The zero-order valence-electron chi connectivity index (χ0n) is 22.1. The molecule has 5 heteroatoms. The standard InChI is InChI=1S/C34H25Cl2N3/c1-33(2)25-15-19(29-7-5-6-8-31(35)38-29)9-11-21(25)23-17-28-24(18-27(23)33)22-12-10-20(16-26(22)34(28,3)4)30-13-14-37-32(36)39-30/h5-7,9-18H,1-4H3. The van der Waals surface area contributed by atoms with Gasteiger partial charge in [0.2, 0.25) is 5.28 Å². The average Bonchev–Trinajstić information content (AvgIpc) is 3.13. The van der Waals surface area contributed by atoms with Crippen molar-refractivity contribution in [2.45, 2.75) is 38.5 Å². The summed E-state index contributed by atoms with van der Waals surface area (Å²) in [5.74, 6) is 0. The van der Waals surface area contributed by atoms with Crippen LogP contribution >= 0.6 is 23.2 Å². The van der Waals surface area contributed by atoms with Crippen molar-refractivity contribution in [2.75, 3.05) is 0 Å². The summed E-state index contributed by atoms with van der Waals surface area (Å²) in [5.41, 5.74) is 16.9. The van der Waals surface area contributed by atoms with Crippen LogP contribution in [0.4, 0.5) is 0 Å². The lowest BCUT2D eigenvalue weighted by molar-refractivity contribution is 0.652. The summed E-state index contributed by atoms with van der Waals surface area (Å²) in [7, 11) is 0. The van der Waals surface area contributed by atoms with E-state index in [0.717, 1.165) is 22.5 Å². The van der Waals surface area contributed by atoms with Gasteiger partial charge in [0, 0.05) is 28.2 Å². The number of benzene rings is 3. The lowest BCUT2D eigenvalue weighted by atomic mass is 9.79. The fourth-order valence-corrected chi connectivity index (χ4v) is 6.67. The van der Waals surface area contributed by atoms with Crippen molar-refractivity contribution >= 4 is 28.9 Å². The van der Waals surface area contributed by atoms with E-state index in [-0.39, 0.29) is 16.1 Å². The van der Waals surface area contributed by atoms with Gasteiger partial charge >= 0.3 is 0 Å². The van der Waals surface area contributed by atoms with E-state index in [9.17, 15) is 0 Å². The second kappa shape index (κ2) is 8.37. The molecule has 3 aliphatic rings. The van der Waals surface area contributed by atoms with Crippen LogP contribution in [0.2, 0.25) is 5.28 Å². The molecule has 0 saturated carbocycles. The molecule has 0 N–H and O–H groups in total. The van der Waals surface area contributed by atoms with Crippen molar-refractivity contribution in [2.24, 2.45) is 4.99 Å². The Morgan fingerprint density at radius 1 is 0.692 bits per heavy atom. The Morgan fingerprint density at radius 2 is 1.28 bits per heavy atom.